The molecule has 3 nitrogen and oxygen atoms in total. The van der Waals surface area contributed by atoms with Crippen LogP contribution in [0.1, 0.15) is 46.0 Å². The molecule has 0 aromatic rings. The Kier molecular flexibility index (Phi) is 5.93. The molecule has 18 heavy (non-hydrogen) atoms. The third-order valence-electron chi connectivity index (χ3n) is 4.76. The molecule has 0 aromatic heterocycles. The first-order valence-electron chi connectivity index (χ1n) is 8.02. The van der Waals surface area contributed by atoms with Crippen LogP contribution in [-0.4, -0.2) is 66.7 Å². The normalized spacial score (nSPS) is 24.8. The Morgan fingerprint density at radius 2 is 1.50 bits per heavy atom. The molecule has 2 saturated heterocycles. The Labute approximate surface area is 113 Å². The number of rotatable bonds is 5. The second kappa shape index (κ2) is 7.46. The first kappa shape index (κ1) is 14.3. The minimum Gasteiger partial charge on any atom is -0.300 e. The van der Waals surface area contributed by atoms with Crippen LogP contribution in [0.2, 0.25) is 0 Å². The van der Waals surface area contributed by atoms with Crippen LogP contribution in [0.5, 0.6) is 0 Å². The third-order valence-corrected chi connectivity index (χ3v) is 4.76. The number of nitrogens with zero attached hydrogens (tertiary/aromatic N) is 3. The first-order chi connectivity index (χ1) is 8.83. The lowest BCUT2D eigenvalue weighted by Gasteiger charge is -2.41. The van der Waals surface area contributed by atoms with Gasteiger partial charge in [0, 0.05) is 19.1 Å². The maximum atomic E-state index is 2.76. The van der Waals surface area contributed by atoms with E-state index in [0.717, 1.165) is 6.04 Å². The highest BCUT2D eigenvalue weighted by Crippen LogP contribution is 2.20. The highest BCUT2D eigenvalue weighted by molar-refractivity contribution is 4.81. The highest BCUT2D eigenvalue weighted by Gasteiger charge is 2.25. The Morgan fingerprint density at radius 1 is 0.889 bits per heavy atom. The van der Waals surface area contributed by atoms with Crippen LogP contribution in [0.25, 0.3) is 0 Å². The molecule has 0 saturated carbocycles. The molecule has 2 aliphatic rings. The van der Waals surface area contributed by atoms with E-state index in [2.05, 4.69) is 28.5 Å². The molecule has 0 aromatic carbocycles. The zero-order valence-electron chi connectivity index (χ0n) is 12.4. The molecule has 106 valence electrons. The maximum absolute atomic E-state index is 2.76. The largest absolute Gasteiger partial charge is 0.300 e. The summed E-state index contributed by atoms with van der Waals surface area (Å²) in [4.78, 5) is 7.94. The van der Waals surface area contributed by atoms with Crippen LogP contribution in [0.15, 0.2) is 0 Å². The average Bonchev–Trinajstić information content (AvgIpc) is 2.46. The molecule has 2 fully saturated rings. The van der Waals surface area contributed by atoms with Crippen molar-refractivity contribution < 1.29 is 0 Å². The van der Waals surface area contributed by atoms with E-state index in [1.165, 1.54) is 78.0 Å². The SMILES string of the molecule is CCN(CC)CN1CCC(N2CCCCC2)CC1. The van der Waals surface area contributed by atoms with E-state index in [4.69, 9.17) is 0 Å². The van der Waals surface area contributed by atoms with Crippen molar-refractivity contribution in [2.24, 2.45) is 0 Å². The van der Waals surface area contributed by atoms with E-state index in [-0.39, 0.29) is 0 Å². The fourth-order valence-electron chi connectivity index (χ4n) is 3.42. The van der Waals surface area contributed by atoms with Crippen LogP contribution in [0, 0.1) is 0 Å². The zero-order valence-corrected chi connectivity index (χ0v) is 12.4. The smallest absolute Gasteiger partial charge is 0.0505 e. The van der Waals surface area contributed by atoms with Crippen molar-refractivity contribution in [1.29, 1.82) is 0 Å². The van der Waals surface area contributed by atoms with Gasteiger partial charge < -0.3 is 4.90 Å². The molecule has 0 radical (unpaired) electrons. The number of likely N-dealkylation sites (tertiary alicyclic amines) is 2. The molecule has 0 aliphatic carbocycles. The summed E-state index contributed by atoms with van der Waals surface area (Å²) in [6.45, 7) is 13.4. The van der Waals surface area contributed by atoms with Crippen molar-refractivity contribution in [2.45, 2.75) is 52.0 Å². The number of hydrogen-bond donors (Lipinski definition) is 0. The molecule has 3 heteroatoms. The van der Waals surface area contributed by atoms with E-state index in [0.29, 0.717) is 0 Å². The monoisotopic (exact) mass is 253 g/mol. The van der Waals surface area contributed by atoms with Crippen molar-refractivity contribution in [3.63, 3.8) is 0 Å². The molecule has 0 atom stereocenters. The van der Waals surface area contributed by atoms with Gasteiger partial charge in [0.1, 0.15) is 0 Å². The van der Waals surface area contributed by atoms with E-state index in [1.54, 1.807) is 0 Å². The lowest BCUT2D eigenvalue weighted by atomic mass is 10.0. The minimum atomic E-state index is 0.887. The summed E-state index contributed by atoms with van der Waals surface area (Å²) in [5.41, 5.74) is 0. The molecule has 2 rings (SSSR count). The van der Waals surface area contributed by atoms with Crippen molar-refractivity contribution in [1.82, 2.24) is 14.7 Å². The van der Waals surface area contributed by atoms with Gasteiger partial charge in [0.2, 0.25) is 0 Å². The van der Waals surface area contributed by atoms with Gasteiger partial charge in [-0.1, -0.05) is 20.3 Å². The standard InChI is InChI=1S/C15H31N3/c1-3-16(4-2)14-17-12-8-15(9-13-17)18-10-6-5-7-11-18/h15H,3-14H2,1-2H3. The van der Waals surface area contributed by atoms with Crippen LogP contribution in [0.3, 0.4) is 0 Å². The van der Waals surface area contributed by atoms with Crippen molar-refractivity contribution in [3.05, 3.63) is 0 Å². The Bertz CT molecular complexity index is 214. The van der Waals surface area contributed by atoms with Crippen molar-refractivity contribution >= 4 is 0 Å². The summed E-state index contributed by atoms with van der Waals surface area (Å²) in [5.74, 6) is 0. The van der Waals surface area contributed by atoms with Gasteiger partial charge in [-0.15, -0.1) is 0 Å². The fourth-order valence-corrected chi connectivity index (χ4v) is 3.42. The summed E-state index contributed by atoms with van der Waals surface area (Å²) >= 11 is 0. The van der Waals surface area contributed by atoms with Gasteiger partial charge in [-0.25, -0.2) is 0 Å². The van der Waals surface area contributed by atoms with Crippen LogP contribution < -0.4 is 0 Å². The van der Waals surface area contributed by atoms with Crippen molar-refractivity contribution in [2.75, 3.05) is 45.9 Å². The minimum absolute atomic E-state index is 0.887. The molecule has 2 aliphatic heterocycles. The van der Waals surface area contributed by atoms with Crippen LogP contribution in [-0.2, 0) is 0 Å². The molecular formula is C15H31N3. The predicted molar refractivity (Wildman–Crippen MR) is 77.8 cm³/mol. The third kappa shape index (κ3) is 3.94. The van der Waals surface area contributed by atoms with Gasteiger partial charge in [0.05, 0.1) is 6.67 Å². The van der Waals surface area contributed by atoms with E-state index < -0.39 is 0 Å². The van der Waals surface area contributed by atoms with E-state index >= 15 is 0 Å². The van der Waals surface area contributed by atoms with Gasteiger partial charge in [-0.3, -0.25) is 9.80 Å². The van der Waals surface area contributed by atoms with Gasteiger partial charge in [-0.2, -0.15) is 0 Å². The lowest BCUT2D eigenvalue weighted by molar-refractivity contribution is 0.0622. The molecule has 0 unspecified atom stereocenters. The second-order valence-electron chi connectivity index (χ2n) is 5.89. The zero-order chi connectivity index (χ0) is 12.8. The van der Waals surface area contributed by atoms with Gasteiger partial charge in [0.15, 0.2) is 0 Å². The first-order valence-corrected chi connectivity index (χ1v) is 8.02. The maximum Gasteiger partial charge on any atom is 0.0505 e. The molecule has 0 bridgehead atoms. The molecular weight excluding hydrogens is 222 g/mol. The summed E-state index contributed by atoms with van der Waals surface area (Å²) < 4.78 is 0. The van der Waals surface area contributed by atoms with E-state index in [9.17, 15) is 0 Å². The quantitative estimate of drug-likeness (QED) is 0.744. The van der Waals surface area contributed by atoms with Gasteiger partial charge in [0.25, 0.3) is 0 Å². The summed E-state index contributed by atoms with van der Waals surface area (Å²) in [6, 6.07) is 0.887. The summed E-state index contributed by atoms with van der Waals surface area (Å²) in [7, 11) is 0. The summed E-state index contributed by atoms with van der Waals surface area (Å²) in [6.07, 6.45) is 7.10. The molecule has 0 amide bonds. The second-order valence-corrected chi connectivity index (χ2v) is 5.89. The molecule has 0 N–H and O–H groups in total. The van der Waals surface area contributed by atoms with Gasteiger partial charge in [-0.05, 0) is 51.9 Å². The molecule has 2 heterocycles. The summed E-state index contributed by atoms with van der Waals surface area (Å²) in [5, 5.41) is 0. The van der Waals surface area contributed by atoms with E-state index in [1.807, 2.05) is 0 Å². The average molecular weight is 253 g/mol. The van der Waals surface area contributed by atoms with Crippen molar-refractivity contribution in [3.8, 4) is 0 Å². The number of hydrogen-bond acceptors (Lipinski definition) is 3. The lowest BCUT2D eigenvalue weighted by Crippen LogP contribution is -2.49. The van der Waals surface area contributed by atoms with Crippen LogP contribution in [0.4, 0.5) is 0 Å². The fraction of sp³-hybridized carbons (Fsp3) is 1.00. The topological polar surface area (TPSA) is 9.72 Å². The van der Waals surface area contributed by atoms with Crippen LogP contribution >= 0.6 is 0 Å². The highest BCUT2D eigenvalue weighted by atomic mass is 15.3. The Morgan fingerprint density at radius 3 is 2.06 bits per heavy atom. The Hall–Kier alpha value is -0.120. The van der Waals surface area contributed by atoms with Gasteiger partial charge >= 0.3 is 0 Å². The molecule has 0 spiro atoms. The Balaban J connectivity index is 1.70. The number of piperidine rings is 2. The predicted octanol–water partition coefficient (Wildman–Crippen LogP) is 2.24.